The second kappa shape index (κ2) is 49.8. The lowest BCUT2D eigenvalue weighted by molar-refractivity contribution is -0.325. The van der Waals surface area contributed by atoms with E-state index in [1.165, 1.54) is 64.2 Å². The van der Waals surface area contributed by atoms with Gasteiger partial charge in [0, 0.05) is 58.2 Å². The molecule has 2 N–H and O–H groups in total. The monoisotopic (exact) mass is 1070 g/mol. The van der Waals surface area contributed by atoms with E-state index in [0.717, 1.165) is 135 Å². The lowest BCUT2D eigenvalue weighted by Crippen LogP contribution is -2.63. The summed E-state index contributed by atoms with van der Waals surface area (Å²) >= 11 is 0. The average molecular weight is 1080 g/mol. The zero-order chi connectivity index (χ0) is 54.9. The summed E-state index contributed by atoms with van der Waals surface area (Å²) in [6.45, 7) is 20.1. The quantitative estimate of drug-likeness (QED) is 0.0608. The van der Waals surface area contributed by atoms with Crippen molar-refractivity contribution in [1.82, 2.24) is 10.6 Å². The van der Waals surface area contributed by atoms with Gasteiger partial charge < -0.3 is 48.5 Å². The Morgan fingerprint density at radius 2 is 0.987 bits per heavy atom. The number of rotatable bonds is 54. The molecule has 1 aliphatic heterocycles. The van der Waals surface area contributed by atoms with Crippen molar-refractivity contribution in [3.63, 3.8) is 0 Å². The largest absolute Gasteiger partial charge is 0.379 e. The fourth-order valence-electron chi connectivity index (χ4n) is 9.71. The number of hydrogen-bond acceptors (Lipinski definition) is 10. The Kier molecular flexibility index (Phi) is 45.9. The van der Waals surface area contributed by atoms with E-state index in [1.807, 2.05) is 30.3 Å². The molecular formula is C64H118N2O10. The minimum atomic E-state index is -0.799. The Balaban J connectivity index is 2.38. The number of carbonyl (C=O) groups excluding carboxylic acids is 2. The molecule has 0 radical (unpaired) electrons. The molecule has 444 valence electrons. The van der Waals surface area contributed by atoms with Crippen LogP contribution in [0.25, 0.3) is 0 Å². The molecule has 76 heavy (non-hydrogen) atoms. The zero-order valence-corrected chi connectivity index (χ0v) is 50.1. The highest BCUT2D eigenvalue weighted by Gasteiger charge is 2.49. The van der Waals surface area contributed by atoms with Crippen molar-refractivity contribution in [2.75, 3.05) is 59.4 Å². The maximum absolute atomic E-state index is 14.3. The molecule has 2 rings (SSSR count). The SMILES string of the molecule is CCCCCCCCCCCCCC[C@@H](OCCCC)[C@@H](OCCCC)[C@H](CO[C@H]1OC(COCCCC)[C@H](OCCCC)[C@H](OCCCC)C1OCCCC)NC(=O)CCCCCCCCNC(=O)c1ccccc1. The first kappa shape index (κ1) is 69.9. The third kappa shape index (κ3) is 33.4. The summed E-state index contributed by atoms with van der Waals surface area (Å²) in [6, 6.07) is 8.87. The average Bonchev–Trinajstić information content (AvgIpc) is 3.43. The molecule has 2 unspecified atom stereocenters. The Morgan fingerprint density at radius 3 is 1.58 bits per heavy atom. The number of ether oxygens (including phenoxy) is 8. The van der Waals surface area contributed by atoms with E-state index in [4.69, 9.17) is 37.9 Å². The van der Waals surface area contributed by atoms with Gasteiger partial charge in [0.15, 0.2) is 6.29 Å². The number of unbranched alkanes of at least 4 members (excludes halogenated alkanes) is 22. The summed E-state index contributed by atoms with van der Waals surface area (Å²) in [7, 11) is 0. The van der Waals surface area contributed by atoms with Gasteiger partial charge >= 0.3 is 0 Å². The Morgan fingerprint density at radius 1 is 0.500 bits per heavy atom. The summed E-state index contributed by atoms with van der Waals surface area (Å²) < 4.78 is 54.4. The summed E-state index contributed by atoms with van der Waals surface area (Å²) in [5, 5.41) is 6.52. The molecule has 1 fully saturated rings. The number of hydrogen-bond donors (Lipinski definition) is 2. The topological polar surface area (TPSA) is 132 Å². The molecule has 2 amide bonds. The van der Waals surface area contributed by atoms with Crippen molar-refractivity contribution in [2.45, 2.75) is 303 Å². The van der Waals surface area contributed by atoms with Gasteiger partial charge in [-0.05, 0) is 69.9 Å². The van der Waals surface area contributed by atoms with Crippen LogP contribution in [0.4, 0.5) is 0 Å². The Bertz CT molecular complexity index is 1440. The van der Waals surface area contributed by atoms with E-state index in [2.05, 4.69) is 59.1 Å². The third-order valence-corrected chi connectivity index (χ3v) is 14.6. The van der Waals surface area contributed by atoms with Crippen LogP contribution in [0, 0.1) is 0 Å². The smallest absolute Gasteiger partial charge is 0.251 e. The molecule has 1 saturated heterocycles. The highest BCUT2D eigenvalue weighted by Crippen LogP contribution is 2.31. The number of benzene rings is 1. The Labute approximate surface area is 466 Å². The van der Waals surface area contributed by atoms with E-state index in [1.54, 1.807) is 0 Å². The van der Waals surface area contributed by atoms with Gasteiger partial charge in [0.05, 0.1) is 25.4 Å². The predicted molar refractivity (Wildman–Crippen MR) is 312 cm³/mol. The van der Waals surface area contributed by atoms with E-state index in [0.29, 0.717) is 64.8 Å². The molecule has 12 heteroatoms. The van der Waals surface area contributed by atoms with Crippen LogP contribution < -0.4 is 10.6 Å². The lowest BCUT2D eigenvalue weighted by Gasteiger charge is -2.46. The number of carbonyl (C=O) groups is 2. The normalized spacial score (nSPS) is 18.9. The summed E-state index contributed by atoms with van der Waals surface area (Å²) in [5.41, 5.74) is 0.690. The van der Waals surface area contributed by atoms with Gasteiger partial charge in [0.2, 0.25) is 5.91 Å². The molecule has 0 spiro atoms. The van der Waals surface area contributed by atoms with Gasteiger partial charge in [0.1, 0.15) is 30.5 Å². The van der Waals surface area contributed by atoms with Crippen molar-refractivity contribution in [1.29, 1.82) is 0 Å². The summed E-state index contributed by atoms with van der Waals surface area (Å²) in [4.78, 5) is 26.7. The minimum absolute atomic E-state index is 0.00772. The van der Waals surface area contributed by atoms with Crippen molar-refractivity contribution in [2.24, 2.45) is 0 Å². The van der Waals surface area contributed by atoms with Crippen LogP contribution in [0.2, 0.25) is 0 Å². The van der Waals surface area contributed by atoms with Gasteiger partial charge in [-0.15, -0.1) is 0 Å². The predicted octanol–water partition coefficient (Wildman–Crippen LogP) is 15.2. The highest BCUT2D eigenvalue weighted by molar-refractivity contribution is 5.94. The first-order valence-electron chi connectivity index (χ1n) is 31.9. The van der Waals surface area contributed by atoms with Crippen LogP contribution in [0.3, 0.4) is 0 Å². The maximum atomic E-state index is 14.3. The van der Waals surface area contributed by atoms with Gasteiger partial charge in [0.25, 0.3) is 5.91 Å². The fourth-order valence-corrected chi connectivity index (χ4v) is 9.71. The second-order valence-corrected chi connectivity index (χ2v) is 21.7. The van der Waals surface area contributed by atoms with E-state index < -0.39 is 42.9 Å². The first-order valence-corrected chi connectivity index (χ1v) is 31.9. The minimum Gasteiger partial charge on any atom is -0.379 e. The van der Waals surface area contributed by atoms with Crippen LogP contribution in [0.15, 0.2) is 30.3 Å². The van der Waals surface area contributed by atoms with Crippen LogP contribution in [-0.4, -0.2) is 120 Å². The third-order valence-electron chi connectivity index (χ3n) is 14.6. The van der Waals surface area contributed by atoms with Gasteiger partial charge in [-0.25, -0.2) is 0 Å². The molecule has 8 atom stereocenters. The molecule has 0 bridgehead atoms. The molecule has 0 saturated carbocycles. The van der Waals surface area contributed by atoms with E-state index in [-0.39, 0.29) is 24.5 Å². The van der Waals surface area contributed by atoms with Gasteiger partial charge in [-0.3, -0.25) is 9.59 Å². The van der Waals surface area contributed by atoms with Crippen LogP contribution >= 0.6 is 0 Å². The highest BCUT2D eigenvalue weighted by atomic mass is 16.7. The van der Waals surface area contributed by atoms with Crippen molar-refractivity contribution < 1.29 is 47.5 Å². The molecular weight excluding hydrogens is 957 g/mol. The zero-order valence-electron chi connectivity index (χ0n) is 50.1. The van der Waals surface area contributed by atoms with Crippen molar-refractivity contribution in [3.05, 3.63) is 35.9 Å². The molecule has 1 heterocycles. The van der Waals surface area contributed by atoms with Gasteiger partial charge in [-0.2, -0.15) is 0 Å². The van der Waals surface area contributed by atoms with E-state index >= 15 is 0 Å². The van der Waals surface area contributed by atoms with Crippen molar-refractivity contribution >= 4 is 11.8 Å². The van der Waals surface area contributed by atoms with Crippen molar-refractivity contribution in [3.8, 4) is 0 Å². The molecule has 0 aromatic heterocycles. The Hall–Kier alpha value is -2.16. The molecule has 0 aliphatic carbocycles. The van der Waals surface area contributed by atoms with Crippen LogP contribution in [0.1, 0.15) is 264 Å². The first-order chi connectivity index (χ1) is 37.4. The lowest BCUT2D eigenvalue weighted by atomic mass is 9.97. The van der Waals surface area contributed by atoms with Gasteiger partial charge in [-0.1, -0.05) is 208 Å². The van der Waals surface area contributed by atoms with Crippen LogP contribution in [-0.2, 0) is 42.7 Å². The number of nitrogens with one attached hydrogen (secondary N) is 2. The maximum Gasteiger partial charge on any atom is 0.251 e. The molecule has 1 aliphatic rings. The summed E-state index contributed by atoms with van der Waals surface area (Å²) in [6.07, 6.45) is 30.9. The van der Waals surface area contributed by atoms with Crippen LogP contribution in [0.5, 0.6) is 0 Å². The summed E-state index contributed by atoms with van der Waals surface area (Å²) in [5.74, 6) is -0.0344. The number of amides is 2. The second-order valence-electron chi connectivity index (χ2n) is 21.7. The van der Waals surface area contributed by atoms with E-state index in [9.17, 15) is 9.59 Å². The standard InChI is InChI=1S/C64H118N2O10/c1-8-15-22-23-24-25-26-27-28-29-32-38-43-56(70-47-17-10-3)59(71-48-18-11-4)55(66-58(67)44-39-33-30-31-34-40-45-65-63(68)54-41-36-35-37-42-54)52-75-64-62(74-51-21-14-7)61(73-50-20-13-6)60(72-49-19-12-5)57(76-64)53-69-46-16-9-2/h35-37,41-42,55-57,59-62,64H,8-34,38-40,43-53H2,1-7H3,(H,65,68)(H,66,67)/t55-,56+,57?,59-,60-,61-,62?,64-/m0/s1. The molecule has 12 nitrogen and oxygen atoms in total. The molecule has 1 aromatic carbocycles. The molecule has 1 aromatic rings. The fraction of sp³-hybridized carbons (Fsp3) is 0.875.